The molecule has 0 saturated carbocycles. The van der Waals surface area contributed by atoms with Gasteiger partial charge in [0, 0.05) is 21.2 Å². The summed E-state index contributed by atoms with van der Waals surface area (Å²) < 4.78 is 37.5. The molecule has 1 heterocycles. The Morgan fingerprint density at radius 1 is 1.35 bits per heavy atom. The molecule has 0 aliphatic heterocycles. The average molecular weight is 318 g/mol. The lowest BCUT2D eigenvalue weighted by Crippen LogP contribution is -2.05. The number of benzene rings is 1. The van der Waals surface area contributed by atoms with Gasteiger partial charge in [-0.1, -0.05) is 0 Å². The molecule has 108 valence electrons. The fourth-order valence-corrected chi connectivity index (χ4v) is 3.50. The molecule has 7 heteroatoms. The number of nitrogen functional groups attached to an aromatic ring is 1. The van der Waals surface area contributed by atoms with Crippen molar-refractivity contribution in [2.24, 2.45) is 0 Å². The lowest BCUT2D eigenvalue weighted by molar-refractivity contribution is -0.137. The summed E-state index contributed by atoms with van der Waals surface area (Å²) in [5.74, 6) is 0.762. The van der Waals surface area contributed by atoms with Crippen molar-refractivity contribution in [3.63, 3.8) is 0 Å². The van der Waals surface area contributed by atoms with Crippen LogP contribution in [0.25, 0.3) is 0 Å². The van der Waals surface area contributed by atoms with E-state index in [1.54, 1.807) is 16.8 Å². The molecule has 0 fully saturated rings. The fourth-order valence-electron chi connectivity index (χ4n) is 1.68. The highest BCUT2D eigenvalue weighted by atomic mass is 32.2. The third-order valence-corrected chi connectivity index (χ3v) is 4.85. The smallest absolute Gasteiger partial charge is 0.398 e. The Kier molecular flexibility index (Phi) is 4.59. The van der Waals surface area contributed by atoms with Crippen molar-refractivity contribution in [1.29, 1.82) is 0 Å². The third-order valence-electron chi connectivity index (χ3n) is 2.77. The van der Waals surface area contributed by atoms with E-state index in [1.807, 2.05) is 6.92 Å². The van der Waals surface area contributed by atoms with Gasteiger partial charge in [0.1, 0.15) is 0 Å². The minimum atomic E-state index is -4.35. The second-order valence-electron chi connectivity index (χ2n) is 4.21. The molecule has 0 saturated heterocycles. The first kappa shape index (κ1) is 15.2. The zero-order chi connectivity index (χ0) is 14.8. The molecule has 0 spiro atoms. The normalized spacial score (nSPS) is 11.8. The van der Waals surface area contributed by atoms with Crippen molar-refractivity contribution >= 4 is 28.8 Å². The average Bonchev–Trinajstić information content (AvgIpc) is 2.76. The molecule has 20 heavy (non-hydrogen) atoms. The zero-order valence-corrected chi connectivity index (χ0v) is 12.3. The van der Waals surface area contributed by atoms with Crippen molar-refractivity contribution < 1.29 is 13.2 Å². The van der Waals surface area contributed by atoms with Gasteiger partial charge in [-0.15, -0.1) is 23.1 Å². The van der Waals surface area contributed by atoms with Crippen LogP contribution >= 0.6 is 23.1 Å². The van der Waals surface area contributed by atoms with Crippen LogP contribution in [-0.2, 0) is 12.6 Å². The van der Waals surface area contributed by atoms with Crippen LogP contribution in [0.4, 0.5) is 18.9 Å². The Morgan fingerprint density at radius 3 is 2.65 bits per heavy atom. The standard InChI is InChI=1S/C13H13F3N2S2/c1-8-11(20-7-18-8)4-5-19-12-3-2-9(6-10(12)17)13(14,15)16/h2-3,6-7H,4-5,17H2,1H3. The monoisotopic (exact) mass is 318 g/mol. The van der Waals surface area contributed by atoms with Crippen LogP contribution in [0, 0.1) is 6.92 Å². The molecule has 2 nitrogen and oxygen atoms in total. The quantitative estimate of drug-likeness (QED) is 0.671. The van der Waals surface area contributed by atoms with E-state index < -0.39 is 11.7 Å². The van der Waals surface area contributed by atoms with Gasteiger partial charge in [-0.05, 0) is 31.5 Å². The van der Waals surface area contributed by atoms with Gasteiger partial charge in [-0.2, -0.15) is 13.2 Å². The number of alkyl halides is 3. The van der Waals surface area contributed by atoms with Crippen LogP contribution < -0.4 is 5.73 Å². The first-order valence-electron chi connectivity index (χ1n) is 5.86. The summed E-state index contributed by atoms with van der Waals surface area (Å²) in [4.78, 5) is 6.04. The summed E-state index contributed by atoms with van der Waals surface area (Å²) in [6, 6.07) is 3.49. The zero-order valence-electron chi connectivity index (χ0n) is 10.7. The Labute approximate surface area is 123 Å². The van der Waals surface area contributed by atoms with Gasteiger partial charge >= 0.3 is 6.18 Å². The third kappa shape index (κ3) is 3.67. The van der Waals surface area contributed by atoms with Crippen molar-refractivity contribution in [2.45, 2.75) is 24.4 Å². The van der Waals surface area contributed by atoms with Crippen LogP contribution in [-0.4, -0.2) is 10.7 Å². The van der Waals surface area contributed by atoms with E-state index in [-0.39, 0.29) is 5.69 Å². The Morgan fingerprint density at radius 2 is 2.10 bits per heavy atom. The molecule has 2 rings (SSSR count). The molecular weight excluding hydrogens is 305 g/mol. The summed E-state index contributed by atoms with van der Waals surface area (Å²) in [6.45, 7) is 1.95. The molecule has 0 aliphatic carbocycles. The van der Waals surface area contributed by atoms with Gasteiger partial charge in [-0.3, -0.25) is 0 Å². The predicted molar refractivity (Wildman–Crippen MR) is 77.1 cm³/mol. The second-order valence-corrected chi connectivity index (χ2v) is 6.29. The maximum absolute atomic E-state index is 12.5. The van der Waals surface area contributed by atoms with E-state index >= 15 is 0 Å². The first-order chi connectivity index (χ1) is 9.38. The predicted octanol–water partition coefficient (Wildman–Crippen LogP) is 4.39. The van der Waals surface area contributed by atoms with E-state index in [9.17, 15) is 13.2 Å². The van der Waals surface area contributed by atoms with Crippen molar-refractivity contribution in [3.8, 4) is 0 Å². The van der Waals surface area contributed by atoms with Gasteiger partial charge < -0.3 is 5.73 Å². The molecule has 0 unspecified atom stereocenters. The number of aryl methyl sites for hydroxylation is 2. The summed E-state index contributed by atoms with van der Waals surface area (Å²) >= 11 is 3.05. The minimum absolute atomic E-state index is 0.172. The fraction of sp³-hybridized carbons (Fsp3) is 0.308. The number of rotatable bonds is 4. The SMILES string of the molecule is Cc1ncsc1CCSc1ccc(C(F)(F)F)cc1N. The summed E-state index contributed by atoms with van der Waals surface area (Å²) in [5.41, 5.74) is 7.94. The number of halogens is 3. The van der Waals surface area contributed by atoms with Gasteiger partial charge in [0.05, 0.1) is 16.8 Å². The molecule has 0 atom stereocenters. The molecule has 0 amide bonds. The first-order valence-corrected chi connectivity index (χ1v) is 7.73. The van der Waals surface area contributed by atoms with Crippen LogP contribution in [0.5, 0.6) is 0 Å². The van der Waals surface area contributed by atoms with Crippen molar-refractivity contribution in [3.05, 3.63) is 39.8 Å². The largest absolute Gasteiger partial charge is 0.416 e. The molecule has 0 radical (unpaired) electrons. The molecular formula is C13H13F3N2S2. The van der Waals surface area contributed by atoms with E-state index in [1.165, 1.54) is 22.7 Å². The highest BCUT2D eigenvalue weighted by molar-refractivity contribution is 7.99. The topological polar surface area (TPSA) is 38.9 Å². The lowest BCUT2D eigenvalue weighted by Gasteiger charge is -2.10. The number of nitrogens with two attached hydrogens (primary N) is 1. The number of thiazole rings is 1. The second kappa shape index (κ2) is 6.05. The van der Waals surface area contributed by atoms with Gasteiger partial charge in [0.2, 0.25) is 0 Å². The van der Waals surface area contributed by atoms with E-state index in [4.69, 9.17) is 5.73 Å². The number of hydrogen-bond acceptors (Lipinski definition) is 4. The summed E-state index contributed by atoms with van der Waals surface area (Å²) in [6.07, 6.45) is -3.52. The molecule has 1 aromatic heterocycles. The Hall–Kier alpha value is -1.21. The van der Waals surface area contributed by atoms with Crippen LogP contribution in [0.1, 0.15) is 16.1 Å². The van der Waals surface area contributed by atoms with Gasteiger partial charge in [0.25, 0.3) is 0 Å². The minimum Gasteiger partial charge on any atom is -0.398 e. The molecule has 2 aromatic rings. The Bertz CT molecular complexity index is 594. The molecule has 2 N–H and O–H groups in total. The van der Waals surface area contributed by atoms with E-state index in [0.717, 1.165) is 30.0 Å². The van der Waals surface area contributed by atoms with Gasteiger partial charge in [0.15, 0.2) is 0 Å². The summed E-state index contributed by atoms with van der Waals surface area (Å²) in [5, 5.41) is 0. The van der Waals surface area contributed by atoms with E-state index in [0.29, 0.717) is 4.90 Å². The number of hydrogen-bond donors (Lipinski definition) is 1. The van der Waals surface area contributed by atoms with E-state index in [2.05, 4.69) is 4.98 Å². The van der Waals surface area contributed by atoms with Crippen LogP contribution in [0.3, 0.4) is 0 Å². The molecule has 1 aromatic carbocycles. The highest BCUT2D eigenvalue weighted by Crippen LogP contribution is 2.34. The Balaban J connectivity index is 1.98. The molecule has 0 bridgehead atoms. The lowest BCUT2D eigenvalue weighted by atomic mass is 10.2. The number of nitrogens with zero attached hydrogens (tertiary/aromatic N) is 1. The number of thioether (sulfide) groups is 1. The van der Waals surface area contributed by atoms with Crippen molar-refractivity contribution in [2.75, 3.05) is 11.5 Å². The van der Waals surface area contributed by atoms with Crippen LogP contribution in [0.15, 0.2) is 28.6 Å². The van der Waals surface area contributed by atoms with Gasteiger partial charge in [-0.25, -0.2) is 4.98 Å². The maximum Gasteiger partial charge on any atom is 0.416 e. The number of aromatic nitrogens is 1. The summed E-state index contributed by atoms with van der Waals surface area (Å²) in [7, 11) is 0. The van der Waals surface area contributed by atoms with Crippen molar-refractivity contribution in [1.82, 2.24) is 4.98 Å². The highest BCUT2D eigenvalue weighted by Gasteiger charge is 2.30. The number of anilines is 1. The van der Waals surface area contributed by atoms with Crippen LogP contribution in [0.2, 0.25) is 0 Å². The maximum atomic E-state index is 12.5. The molecule has 0 aliphatic rings.